The fraction of sp³-hybridized carbons (Fsp3) is 0.0417. The van der Waals surface area contributed by atoms with Gasteiger partial charge in [-0.1, -0.05) is 48.5 Å². The molecule has 0 bridgehead atoms. The third-order valence-corrected chi connectivity index (χ3v) is 4.64. The van der Waals surface area contributed by atoms with Crippen LogP contribution in [0.5, 0.6) is 0 Å². The summed E-state index contributed by atoms with van der Waals surface area (Å²) in [5.41, 5.74) is 3.70. The summed E-state index contributed by atoms with van der Waals surface area (Å²) in [5.74, 6) is -1.46. The molecule has 4 rings (SSSR count). The Morgan fingerprint density at radius 3 is 2.07 bits per heavy atom. The van der Waals surface area contributed by atoms with Crippen molar-refractivity contribution in [2.24, 2.45) is 5.10 Å². The summed E-state index contributed by atoms with van der Waals surface area (Å²) >= 11 is 0. The number of hydrazone groups is 1. The van der Waals surface area contributed by atoms with E-state index in [9.17, 15) is 14.0 Å². The van der Waals surface area contributed by atoms with Gasteiger partial charge in [0.2, 0.25) is 11.8 Å². The summed E-state index contributed by atoms with van der Waals surface area (Å²) in [4.78, 5) is 24.0. The zero-order chi connectivity index (χ0) is 20.9. The molecule has 30 heavy (non-hydrogen) atoms. The van der Waals surface area contributed by atoms with Crippen molar-refractivity contribution < 1.29 is 14.0 Å². The maximum absolute atomic E-state index is 12.9. The van der Waals surface area contributed by atoms with E-state index in [1.54, 1.807) is 6.21 Å². The van der Waals surface area contributed by atoms with Crippen molar-refractivity contribution in [2.75, 3.05) is 5.32 Å². The van der Waals surface area contributed by atoms with Gasteiger partial charge in [-0.05, 0) is 51.9 Å². The van der Waals surface area contributed by atoms with E-state index in [0.717, 1.165) is 27.1 Å². The number of nitrogens with zero attached hydrogens (tertiary/aromatic N) is 1. The number of benzene rings is 4. The number of rotatable bonds is 5. The highest BCUT2D eigenvalue weighted by atomic mass is 19.1. The van der Waals surface area contributed by atoms with E-state index in [0.29, 0.717) is 5.69 Å². The summed E-state index contributed by atoms with van der Waals surface area (Å²) < 4.78 is 12.9. The highest BCUT2D eigenvalue weighted by Crippen LogP contribution is 2.27. The molecule has 0 heterocycles. The molecule has 4 aromatic carbocycles. The molecule has 0 aliphatic carbocycles. The van der Waals surface area contributed by atoms with Crippen LogP contribution in [0.3, 0.4) is 0 Å². The third kappa shape index (κ3) is 4.33. The highest BCUT2D eigenvalue weighted by Gasteiger charge is 2.10. The number of carbonyl (C=O) groups is 2. The molecule has 0 spiro atoms. The first-order valence-electron chi connectivity index (χ1n) is 9.38. The summed E-state index contributed by atoms with van der Waals surface area (Å²) in [7, 11) is 0. The highest BCUT2D eigenvalue weighted by molar-refractivity contribution is 6.13. The maximum Gasteiger partial charge on any atom is 0.249 e. The number of halogens is 1. The van der Waals surface area contributed by atoms with Crippen molar-refractivity contribution in [2.45, 2.75) is 6.42 Å². The minimum Gasteiger partial charge on any atom is -0.326 e. The second-order valence-electron chi connectivity index (χ2n) is 6.76. The van der Waals surface area contributed by atoms with E-state index in [2.05, 4.69) is 21.9 Å². The second kappa shape index (κ2) is 8.53. The van der Waals surface area contributed by atoms with Crippen molar-refractivity contribution in [3.63, 3.8) is 0 Å². The Hall–Kier alpha value is -4.06. The molecule has 6 heteroatoms. The van der Waals surface area contributed by atoms with Gasteiger partial charge in [-0.15, -0.1) is 0 Å². The van der Waals surface area contributed by atoms with Crippen LogP contribution in [-0.2, 0) is 9.59 Å². The van der Waals surface area contributed by atoms with Crippen molar-refractivity contribution in [3.8, 4) is 0 Å². The van der Waals surface area contributed by atoms with Crippen LogP contribution in [0, 0.1) is 5.82 Å². The minimum atomic E-state index is -0.546. The summed E-state index contributed by atoms with van der Waals surface area (Å²) in [6, 6.07) is 23.3. The van der Waals surface area contributed by atoms with Crippen LogP contribution in [0.4, 0.5) is 10.1 Å². The molecule has 0 atom stereocenters. The lowest BCUT2D eigenvalue weighted by Crippen LogP contribution is -2.24. The topological polar surface area (TPSA) is 70.6 Å². The van der Waals surface area contributed by atoms with Crippen LogP contribution in [0.25, 0.3) is 21.5 Å². The SMILES string of the molecule is O=C(CC(=O)Nc1ccc(F)cc1)NN=Cc1c2ccccc2cc2ccccc12. The summed E-state index contributed by atoms with van der Waals surface area (Å²) in [5, 5.41) is 10.8. The Morgan fingerprint density at radius 1 is 0.833 bits per heavy atom. The summed E-state index contributed by atoms with van der Waals surface area (Å²) in [6.45, 7) is 0. The van der Waals surface area contributed by atoms with E-state index < -0.39 is 24.1 Å². The van der Waals surface area contributed by atoms with Crippen LogP contribution in [-0.4, -0.2) is 18.0 Å². The average molecular weight is 399 g/mol. The number of hydrogen-bond donors (Lipinski definition) is 2. The van der Waals surface area contributed by atoms with Gasteiger partial charge in [0.05, 0.1) is 6.21 Å². The first-order chi connectivity index (χ1) is 14.6. The largest absolute Gasteiger partial charge is 0.326 e. The molecular weight excluding hydrogens is 381 g/mol. The fourth-order valence-electron chi connectivity index (χ4n) is 3.28. The smallest absolute Gasteiger partial charge is 0.249 e. The van der Waals surface area contributed by atoms with Crippen LogP contribution >= 0.6 is 0 Å². The van der Waals surface area contributed by atoms with Gasteiger partial charge in [0.1, 0.15) is 12.2 Å². The van der Waals surface area contributed by atoms with Crippen LogP contribution in [0.2, 0.25) is 0 Å². The van der Waals surface area contributed by atoms with Crippen LogP contribution in [0.1, 0.15) is 12.0 Å². The molecular formula is C24H18FN3O2. The molecule has 148 valence electrons. The van der Waals surface area contributed by atoms with Gasteiger partial charge >= 0.3 is 0 Å². The number of hydrogen-bond acceptors (Lipinski definition) is 3. The van der Waals surface area contributed by atoms with Gasteiger partial charge in [0, 0.05) is 11.3 Å². The lowest BCUT2D eigenvalue weighted by molar-refractivity contribution is -0.126. The molecule has 0 aliphatic heterocycles. The number of anilines is 1. The monoisotopic (exact) mass is 399 g/mol. The van der Waals surface area contributed by atoms with Crippen molar-refractivity contribution in [1.29, 1.82) is 0 Å². The average Bonchev–Trinajstić information content (AvgIpc) is 2.75. The normalized spacial score (nSPS) is 11.1. The van der Waals surface area contributed by atoms with E-state index >= 15 is 0 Å². The maximum atomic E-state index is 12.9. The molecule has 2 N–H and O–H groups in total. The molecule has 5 nitrogen and oxygen atoms in total. The first kappa shape index (κ1) is 19.3. The zero-order valence-corrected chi connectivity index (χ0v) is 15.9. The van der Waals surface area contributed by atoms with Crippen molar-refractivity contribution in [1.82, 2.24) is 5.43 Å². The molecule has 0 saturated heterocycles. The summed E-state index contributed by atoms with van der Waals surface area (Å²) in [6.07, 6.45) is 1.20. The molecule has 0 aromatic heterocycles. The Kier molecular flexibility index (Phi) is 5.48. The molecule has 0 saturated carbocycles. The standard InChI is InChI=1S/C24H18FN3O2/c25-18-9-11-19(12-10-18)27-23(29)14-24(30)28-26-15-22-20-7-3-1-5-16(20)13-17-6-2-4-8-21(17)22/h1-13,15H,14H2,(H,27,29)(H,28,30). The lowest BCUT2D eigenvalue weighted by Gasteiger charge is -2.08. The molecule has 0 radical (unpaired) electrons. The van der Waals surface area contributed by atoms with E-state index in [1.165, 1.54) is 24.3 Å². The minimum absolute atomic E-state index is 0.398. The zero-order valence-electron chi connectivity index (χ0n) is 15.9. The Labute approximate surface area is 172 Å². The lowest BCUT2D eigenvalue weighted by atomic mass is 9.97. The first-order valence-corrected chi connectivity index (χ1v) is 9.38. The second-order valence-corrected chi connectivity index (χ2v) is 6.76. The van der Waals surface area contributed by atoms with E-state index in [-0.39, 0.29) is 0 Å². The Bertz CT molecular complexity index is 1210. The fourth-order valence-corrected chi connectivity index (χ4v) is 3.28. The van der Waals surface area contributed by atoms with Gasteiger partial charge in [0.15, 0.2) is 0 Å². The Morgan fingerprint density at radius 2 is 1.43 bits per heavy atom. The predicted molar refractivity (Wildman–Crippen MR) is 117 cm³/mol. The van der Waals surface area contributed by atoms with Crippen molar-refractivity contribution in [3.05, 3.63) is 90.2 Å². The van der Waals surface area contributed by atoms with E-state index in [1.807, 2.05) is 48.5 Å². The molecule has 4 aromatic rings. The molecule has 0 unspecified atom stereocenters. The van der Waals surface area contributed by atoms with E-state index in [4.69, 9.17) is 0 Å². The Balaban J connectivity index is 1.47. The quantitative estimate of drug-likeness (QED) is 0.223. The van der Waals surface area contributed by atoms with Crippen molar-refractivity contribution >= 4 is 45.3 Å². The van der Waals surface area contributed by atoms with Crippen LogP contribution < -0.4 is 10.7 Å². The predicted octanol–water partition coefficient (Wildman–Crippen LogP) is 4.61. The van der Waals surface area contributed by atoms with Gasteiger partial charge in [-0.3, -0.25) is 9.59 Å². The van der Waals surface area contributed by atoms with Gasteiger partial charge in [0.25, 0.3) is 0 Å². The number of amides is 2. The van der Waals surface area contributed by atoms with Gasteiger partial charge in [-0.2, -0.15) is 5.10 Å². The number of carbonyl (C=O) groups excluding carboxylic acids is 2. The molecule has 0 aliphatic rings. The number of nitrogens with one attached hydrogen (secondary N) is 2. The molecule has 2 amide bonds. The van der Waals surface area contributed by atoms with Crippen LogP contribution in [0.15, 0.2) is 84.0 Å². The third-order valence-electron chi connectivity index (χ3n) is 4.64. The van der Waals surface area contributed by atoms with Gasteiger partial charge in [-0.25, -0.2) is 9.82 Å². The number of fused-ring (bicyclic) bond motifs is 2. The van der Waals surface area contributed by atoms with Gasteiger partial charge < -0.3 is 5.32 Å². The molecule has 0 fully saturated rings.